The smallest absolute Gasteiger partial charge is 0.314 e. The summed E-state index contributed by atoms with van der Waals surface area (Å²) in [5.74, 6) is 1.92. The fourth-order valence-electron chi connectivity index (χ4n) is 13.6. The molecule has 46 heavy (non-hydrogen) atoms. The maximum absolute atomic E-state index is 12.7. The normalized spacial score (nSPS) is 50.5. The van der Waals surface area contributed by atoms with Gasteiger partial charge in [-0.25, -0.2) is 4.79 Å². The number of rotatable bonds is 5. The molecule has 7 aliphatic rings. The van der Waals surface area contributed by atoms with Crippen molar-refractivity contribution in [2.45, 2.75) is 131 Å². The van der Waals surface area contributed by atoms with Gasteiger partial charge in [-0.3, -0.25) is 4.79 Å². The molecule has 0 unspecified atom stereocenters. The third-order valence-electron chi connectivity index (χ3n) is 15.8. The minimum absolute atomic E-state index is 0.00164. The highest BCUT2D eigenvalue weighted by molar-refractivity contribution is 5.78. The average molecular weight is 644 g/mol. The van der Waals surface area contributed by atoms with E-state index in [1.54, 1.807) is 11.9 Å². The average Bonchev–Trinajstić information content (AvgIpc) is 3.63. The number of urea groups is 1. The van der Waals surface area contributed by atoms with Crippen LogP contribution in [0.3, 0.4) is 0 Å². The number of aliphatic hydroxyl groups is 1. The summed E-state index contributed by atoms with van der Waals surface area (Å²) in [7, 11) is 1.73. The second kappa shape index (κ2) is 10.8. The molecule has 0 aromatic carbocycles. The standard InChI is InChI=1S/C37H61N3O6/c1-21(2)31(42)40-15-16-44-27(19-40)46-26-11-12-36-20-37(36)14-13-34(6)28-22(3)17-23(18-39(8)32(38)43)45-29(28)30(41)35(34,7)25(37)10-9-24(36)33(26,4)5/h21-30,41H,9-20H2,1-8H3,(H2,38,43)/t22-,23-,24+,25+,26+,27+,28+,29+,30+,34-,35-,36-,37+/m1/s1. The van der Waals surface area contributed by atoms with Gasteiger partial charge >= 0.3 is 6.03 Å². The van der Waals surface area contributed by atoms with Crippen LogP contribution in [0.4, 0.5) is 4.79 Å². The molecule has 3 amide bonds. The summed E-state index contributed by atoms with van der Waals surface area (Å²) in [5, 5.41) is 12.4. The van der Waals surface area contributed by atoms with Crippen molar-refractivity contribution in [3.8, 4) is 0 Å². The zero-order valence-corrected chi connectivity index (χ0v) is 29.7. The van der Waals surface area contributed by atoms with Crippen molar-refractivity contribution in [1.82, 2.24) is 9.80 Å². The summed E-state index contributed by atoms with van der Waals surface area (Å²) in [6.07, 6.45) is 7.97. The fraction of sp³-hybridized carbons (Fsp3) is 0.946. The highest BCUT2D eigenvalue weighted by atomic mass is 16.7. The Bertz CT molecular complexity index is 1240. The summed E-state index contributed by atoms with van der Waals surface area (Å²) >= 11 is 0. The molecule has 7 rings (SSSR count). The number of fused-ring (bicyclic) bond motifs is 4. The number of carbonyl (C=O) groups is 2. The van der Waals surface area contributed by atoms with Crippen LogP contribution in [0, 0.1) is 56.7 Å². The molecule has 5 saturated carbocycles. The van der Waals surface area contributed by atoms with Crippen LogP contribution < -0.4 is 5.73 Å². The maximum Gasteiger partial charge on any atom is 0.314 e. The molecule has 260 valence electrons. The summed E-state index contributed by atoms with van der Waals surface area (Å²) in [5.41, 5.74) is 5.94. The lowest BCUT2D eigenvalue weighted by atomic mass is 9.41. The largest absolute Gasteiger partial charge is 0.390 e. The number of ether oxygens (including phenoxy) is 3. The van der Waals surface area contributed by atoms with Crippen molar-refractivity contribution < 1.29 is 28.9 Å². The van der Waals surface area contributed by atoms with Crippen LogP contribution in [0.5, 0.6) is 0 Å². The van der Waals surface area contributed by atoms with Crippen LogP contribution in [0.15, 0.2) is 0 Å². The van der Waals surface area contributed by atoms with Gasteiger partial charge in [0.1, 0.15) is 0 Å². The predicted molar refractivity (Wildman–Crippen MR) is 174 cm³/mol. The number of hydrogen-bond donors (Lipinski definition) is 2. The lowest BCUT2D eigenvalue weighted by molar-refractivity contribution is -0.248. The van der Waals surface area contributed by atoms with Crippen LogP contribution in [0.25, 0.3) is 0 Å². The van der Waals surface area contributed by atoms with Gasteiger partial charge < -0.3 is 34.9 Å². The number of morpholine rings is 1. The molecule has 0 bridgehead atoms. The van der Waals surface area contributed by atoms with Gasteiger partial charge in [0.2, 0.25) is 5.91 Å². The number of nitrogens with zero attached hydrogens (tertiary/aromatic N) is 2. The monoisotopic (exact) mass is 643 g/mol. The molecule has 9 heteroatoms. The molecule has 0 radical (unpaired) electrons. The van der Waals surface area contributed by atoms with E-state index in [0.29, 0.717) is 55.3 Å². The zero-order chi connectivity index (χ0) is 33.2. The van der Waals surface area contributed by atoms with Crippen molar-refractivity contribution in [1.29, 1.82) is 0 Å². The maximum atomic E-state index is 12.7. The van der Waals surface area contributed by atoms with Gasteiger partial charge in [-0.15, -0.1) is 0 Å². The molecule has 2 saturated heterocycles. The molecule has 5 aliphatic carbocycles. The van der Waals surface area contributed by atoms with E-state index < -0.39 is 12.1 Å². The Labute approximate surface area is 276 Å². The summed E-state index contributed by atoms with van der Waals surface area (Å²) < 4.78 is 19.7. The zero-order valence-electron chi connectivity index (χ0n) is 29.7. The number of primary amides is 1. The second-order valence-corrected chi connectivity index (χ2v) is 18.2. The minimum atomic E-state index is -0.518. The van der Waals surface area contributed by atoms with E-state index in [9.17, 15) is 14.7 Å². The Hall–Kier alpha value is -1.42. The summed E-state index contributed by atoms with van der Waals surface area (Å²) in [4.78, 5) is 28.0. The van der Waals surface area contributed by atoms with Crippen LogP contribution >= 0.6 is 0 Å². The summed E-state index contributed by atoms with van der Waals surface area (Å²) in [6.45, 7) is 18.2. The Balaban J connectivity index is 1.10. The van der Waals surface area contributed by atoms with E-state index in [0.717, 1.165) is 25.7 Å². The van der Waals surface area contributed by atoms with E-state index in [1.165, 1.54) is 25.7 Å². The molecule has 13 atom stereocenters. The molecule has 9 nitrogen and oxygen atoms in total. The first-order valence-electron chi connectivity index (χ1n) is 18.4. The minimum Gasteiger partial charge on any atom is -0.390 e. The first-order chi connectivity index (χ1) is 21.5. The number of aliphatic hydroxyl groups excluding tert-OH is 1. The molecule has 0 aromatic heterocycles. The van der Waals surface area contributed by atoms with Crippen molar-refractivity contribution >= 4 is 11.9 Å². The Morgan fingerprint density at radius 1 is 1.07 bits per heavy atom. The van der Waals surface area contributed by atoms with E-state index in [-0.39, 0.29) is 58.1 Å². The van der Waals surface area contributed by atoms with Gasteiger partial charge in [0.05, 0.1) is 37.6 Å². The molecule has 7 fully saturated rings. The van der Waals surface area contributed by atoms with Gasteiger partial charge in [-0.05, 0) is 96.7 Å². The van der Waals surface area contributed by atoms with Crippen molar-refractivity contribution in [2.75, 3.05) is 33.3 Å². The molecule has 3 N–H and O–H groups in total. The number of nitrogens with two attached hydrogens (primary N) is 1. The first-order valence-corrected chi connectivity index (χ1v) is 18.4. The van der Waals surface area contributed by atoms with E-state index in [2.05, 4.69) is 34.6 Å². The molecular weight excluding hydrogens is 582 g/mol. The van der Waals surface area contributed by atoms with Crippen molar-refractivity contribution in [3.63, 3.8) is 0 Å². The van der Waals surface area contributed by atoms with E-state index >= 15 is 0 Å². The number of likely N-dealkylation sites (N-methyl/N-ethyl adjacent to an activating group) is 1. The Morgan fingerprint density at radius 3 is 2.46 bits per heavy atom. The van der Waals surface area contributed by atoms with Crippen LogP contribution in [0.1, 0.15) is 99.8 Å². The molecule has 2 spiro atoms. The lowest BCUT2D eigenvalue weighted by Gasteiger charge is -2.64. The van der Waals surface area contributed by atoms with Gasteiger partial charge in [0, 0.05) is 31.5 Å². The van der Waals surface area contributed by atoms with Gasteiger partial charge in [0.25, 0.3) is 0 Å². The van der Waals surface area contributed by atoms with Gasteiger partial charge in [-0.1, -0.05) is 48.5 Å². The predicted octanol–water partition coefficient (Wildman–Crippen LogP) is 5.04. The van der Waals surface area contributed by atoms with E-state index in [4.69, 9.17) is 19.9 Å². The highest BCUT2D eigenvalue weighted by Crippen LogP contribution is 2.89. The van der Waals surface area contributed by atoms with Crippen molar-refractivity contribution in [3.05, 3.63) is 0 Å². The third kappa shape index (κ3) is 4.32. The number of carbonyl (C=O) groups excluding carboxylic acids is 2. The Morgan fingerprint density at radius 2 is 1.76 bits per heavy atom. The topological polar surface area (TPSA) is 115 Å². The SMILES string of the molecule is CC(C)C(=O)N1CCO[C@@H](O[C@H]2CC[C@]34C[C@]35CC[C@]3(C)[C@@H]6[C@H](O[C@@H](CN(C)C(N)=O)C[C@H]6C)[C@H](O)[C@@]3(C)[C@@H]5CC[C@H]4C2(C)C)C1. The number of hydrogen-bond acceptors (Lipinski definition) is 6. The number of amides is 3. The summed E-state index contributed by atoms with van der Waals surface area (Å²) in [6, 6.07) is -0.437. The third-order valence-corrected chi connectivity index (χ3v) is 15.8. The van der Waals surface area contributed by atoms with Crippen LogP contribution in [-0.4, -0.2) is 90.8 Å². The molecule has 2 aliphatic heterocycles. The Kier molecular flexibility index (Phi) is 7.76. The van der Waals surface area contributed by atoms with E-state index in [1.807, 2.05) is 18.7 Å². The van der Waals surface area contributed by atoms with Gasteiger partial charge in [-0.2, -0.15) is 0 Å². The van der Waals surface area contributed by atoms with Crippen LogP contribution in [-0.2, 0) is 19.0 Å². The molecule has 0 aromatic rings. The second-order valence-electron chi connectivity index (χ2n) is 18.2. The molecule has 2 heterocycles. The van der Waals surface area contributed by atoms with Gasteiger partial charge in [0.15, 0.2) is 6.29 Å². The molecular formula is C37H61N3O6. The van der Waals surface area contributed by atoms with Crippen LogP contribution in [0.2, 0.25) is 0 Å². The lowest BCUT2D eigenvalue weighted by Crippen LogP contribution is -2.60. The highest BCUT2D eigenvalue weighted by Gasteiger charge is 2.84. The quantitative estimate of drug-likeness (QED) is 0.434. The fourth-order valence-corrected chi connectivity index (χ4v) is 13.6. The van der Waals surface area contributed by atoms with Crippen molar-refractivity contribution in [2.24, 2.45) is 62.4 Å². The first kappa shape index (κ1) is 33.1.